The van der Waals surface area contributed by atoms with Crippen molar-refractivity contribution < 1.29 is 0 Å². The number of aromatic nitrogens is 3. The topological polar surface area (TPSA) is 39.8 Å². The zero-order valence-electron chi connectivity index (χ0n) is 14.4. The molecule has 1 saturated carbocycles. The molecule has 5 heteroatoms. The van der Waals surface area contributed by atoms with Gasteiger partial charge in [-0.25, -0.2) is 9.48 Å². The lowest BCUT2D eigenvalue weighted by Crippen LogP contribution is -2.27. The number of benzene rings is 1. The predicted octanol–water partition coefficient (Wildman–Crippen LogP) is 4.28. The van der Waals surface area contributed by atoms with Crippen LogP contribution in [0.1, 0.15) is 56.8 Å². The van der Waals surface area contributed by atoms with Crippen LogP contribution in [0.5, 0.6) is 0 Å². The highest BCUT2D eigenvalue weighted by Gasteiger charge is 2.19. The summed E-state index contributed by atoms with van der Waals surface area (Å²) in [6.45, 7) is 3.36. The lowest BCUT2D eigenvalue weighted by atomic mass is 10.0. The predicted molar refractivity (Wildman–Crippen MR) is 97.6 cm³/mol. The molecule has 0 radical (unpaired) electrons. The molecule has 4 nitrogen and oxygen atoms in total. The van der Waals surface area contributed by atoms with Crippen molar-refractivity contribution in [3.8, 4) is 0 Å². The van der Waals surface area contributed by atoms with E-state index in [-0.39, 0.29) is 5.69 Å². The summed E-state index contributed by atoms with van der Waals surface area (Å²) < 4.78 is 3.46. The van der Waals surface area contributed by atoms with Gasteiger partial charge in [-0.2, -0.15) is 5.10 Å². The summed E-state index contributed by atoms with van der Waals surface area (Å²) in [5.41, 5.74) is 1.04. The molecule has 1 aromatic heterocycles. The van der Waals surface area contributed by atoms with Crippen molar-refractivity contribution in [1.82, 2.24) is 14.3 Å². The standard InChI is InChI=1S/C19H26ClN3O/c1-2-23-19(24)22(14-15-9-5-3-4-6-10-15)18(21-23)13-16-11-7-8-12-17(16)20/h7-8,11-12,15H,2-6,9-10,13-14H2,1H3. The van der Waals surface area contributed by atoms with Crippen molar-refractivity contribution in [3.05, 3.63) is 51.2 Å². The summed E-state index contributed by atoms with van der Waals surface area (Å²) >= 11 is 6.30. The van der Waals surface area contributed by atoms with Gasteiger partial charge in [0.1, 0.15) is 5.82 Å². The van der Waals surface area contributed by atoms with E-state index >= 15 is 0 Å². The van der Waals surface area contributed by atoms with E-state index in [2.05, 4.69) is 5.10 Å². The molecule has 24 heavy (non-hydrogen) atoms. The fourth-order valence-electron chi connectivity index (χ4n) is 3.62. The Bertz CT molecular complexity index is 726. The third-order valence-corrected chi connectivity index (χ3v) is 5.39. The van der Waals surface area contributed by atoms with Crippen LogP contribution >= 0.6 is 11.6 Å². The molecule has 130 valence electrons. The van der Waals surface area contributed by atoms with Crippen molar-refractivity contribution in [2.45, 2.75) is 65.0 Å². The normalized spacial score (nSPS) is 16.2. The molecule has 1 fully saturated rings. The van der Waals surface area contributed by atoms with E-state index in [9.17, 15) is 4.79 Å². The first-order valence-electron chi connectivity index (χ1n) is 9.09. The van der Waals surface area contributed by atoms with Crippen molar-refractivity contribution in [2.24, 2.45) is 5.92 Å². The first-order valence-corrected chi connectivity index (χ1v) is 9.46. The highest BCUT2D eigenvalue weighted by molar-refractivity contribution is 6.31. The molecule has 1 heterocycles. The summed E-state index contributed by atoms with van der Waals surface area (Å²) in [6, 6.07) is 7.80. The lowest BCUT2D eigenvalue weighted by molar-refractivity contribution is 0.383. The van der Waals surface area contributed by atoms with Gasteiger partial charge in [-0.1, -0.05) is 55.5 Å². The van der Waals surface area contributed by atoms with Gasteiger partial charge in [-0.05, 0) is 37.3 Å². The van der Waals surface area contributed by atoms with Crippen LogP contribution in [0.2, 0.25) is 5.02 Å². The monoisotopic (exact) mass is 347 g/mol. The van der Waals surface area contributed by atoms with Gasteiger partial charge in [0.2, 0.25) is 0 Å². The van der Waals surface area contributed by atoms with Crippen LogP contribution in [0, 0.1) is 5.92 Å². The fraction of sp³-hybridized carbons (Fsp3) is 0.579. The minimum Gasteiger partial charge on any atom is -0.278 e. The molecule has 2 aromatic rings. The second kappa shape index (κ2) is 8.02. The van der Waals surface area contributed by atoms with E-state index in [0.29, 0.717) is 18.9 Å². The summed E-state index contributed by atoms with van der Waals surface area (Å²) in [7, 11) is 0. The van der Waals surface area contributed by atoms with Gasteiger partial charge >= 0.3 is 5.69 Å². The Kier molecular flexibility index (Phi) is 5.77. The fourth-order valence-corrected chi connectivity index (χ4v) is 3.83. The van der Waals surface area contributed by atoms with E-state index in [1.165, 1.54) is 38.5 Å². The van der Waals surface area contributed by atoms with Gasteiger partial charge in [-0.15, -0.1) is 0 Å². The van der Waals surface area contributed by atoms with E-state index in [4.69, 9.17) is 11.6 Å². The summed E-state index contributed by atoms with van der Waals surface area (Å²) in [6.07, 6.45) is 8.25. The summed E-state index contributed by atoms with van der Waals surface area (Å²) in [5, 5.41) is 5.30. The molecule has 0 bridgehead atoms. The first-order chi connectivity index (χ1) is 11.7. The van der Waals surface area contributed by atoms with Crippen LogP contribution in [0.3, 0.4) is 0 Å². The van der Waals surface area contributed by atoms with Crippen molar-refractivity contribution in [3.63, 3.8) is 0 Å². The third-order valence-electron chi connectivity index (χ3n) is 5.02. The zero-order chi connectivity index (χ0) is 16.9. The average molecular weight is 348 g/mol. The number of hydrogen-bond acceptors (Lipinski definition) is 2. The smallest absolute Gasteiger partial charge is 0.278 e. The van der Waals surface area contributed by atoms with Crippen molar-refractivity contribution in [2.75, 3.05) is 0 Å². The Morgan fingerprint density at radius 1 is 1.17 bits per heavy atom. The largest absolute Gasteiger partial charge is 0.345 e. The van der Waals surface area contributed by atoms with Gasteiger partial charge < -0.3 is 0 Å². The van der Waals surface area contributed by atoms with Gasteiger partial charge in [-0.3, -0.25) is 4.57 Å². The Balaban J connectivity index is 1.88. The quantitative estimate of drug-likeness (QED) is 0.757. The maximum Gasteiger partial charge on any atom is 0.345 e. The maximum absolute atomic E-state index is 12.7. The maximum atomic E-state index is 12.7. The number of rotatable bonds is 5. The molecule has 1 aliphatic carbocycles. The van der Waals surface area contributed by atoms with Crippen LogP contribution in [0.4, 0.5) is 0 Å². The molecule has 0 aliphatic heterocycles. The van der Waals surface area contributed by atoms with E-state index in [0.717, 1.165) is 23.0 Å². The van der Waals surface area contributed by atoms with Crippen LogP contribution in [0.15, 0.2) is 29.1 Å². The summed E-state index contributed by atoms with van der Waals surface area (Å²) in [4.78, 5) is 12.7. The number of aryl methyl sites for hydroxylation is 1. The molecular formula is C19H26ClN3O. The van der Waals surface area contributed by atoms with E-state index in [1.807, 2.05) is 35.8 Å². The Morgan fingerprint density at radius 3 is 2.54 bits per heavy atom. The minimum absolute atomic E-state index is 0.0174. The van der Waals surface area contributed by atoms with Gasteiger partial charge in [0.15, 0.2) is 0 Å². The molecule has 0 spiro atoms. The average Bonchev–Trinajstić information content (AvgIpc) is 2.77. The second-order valence-electron chi connectivity index (χ2n) is 6.75. The molecule has 0 amide bonds. The molecule has 0 saturated heterocycles. The number of nitrogens with zero attached hydrogens (tertiary/aromatic N) is 3. The van der Waals surface area contributed by atoms with Crippen LogP contribution in [-0.2, 0) is 19.5 Å². The Morgan fingerprint density at radius 2 is 1.88 bits per heavy atom. The molecule has 1 aliphatic rings. The first kappa shape index (κ1) is 17.3. The van der Waals surface area contributed by atoms with Crippen molar-refractivity contribution in [1.29, 1.82) is 0 Å². The molecule has 1 aromatic carbocycles. The van der Waals surface area contributed by atoms with Gasteiger partial charge in [0.05, 0.1) is 0 Å². The lowest BCUT2D eigenvalue weighted by Gasteiger charge is -2.15. The summed E-state index contributed by atoms with van der Waals surface area (Å²) in [5.74, 6) is 1.42. The number of halogens is 1. The highest BCUT2D eigenvalue weighted by atomic mass is 35.5. The number of hydrogen-bond donors (Lipinski definition) is 0. The third kappa shape index (κ3) is 3.92. The molecule has 3 rings (SSSR count). The molecule has 0 atom stereocenters. The van der Waals surface area contributed by atoms with Crippen LogP contribution < -0.4 is 5.69 Å². The Hall–Kier alpha value is -1.55. The molecule has 0 N–H and O–H groups in total. The van der Waals surface area contributed by atoms with E-state index in [1.54, 1.807) is 4.68 Å². The van der Waals surface area contributed by atoms with Crippen molar-refractivity contribution >= 4 is 11.6 Å². The zero-order valence-corrected chi connectivity index (χ0v) is 15.1. The van der Waals surface area contributed by atoms with E-state index < -0.39 is 0 Å². The van der Waals surface area contributed by atoms with Gasteiger partial charge in [0, 0.05) is 24.5 Å². The highest BCUT2D eigenvalue weighted by Crippen LogP contribution is 2.25. The van der Waals surface area contributed by atoms with Gasteiger partial charge in [0.25, 0.3) is 0 Å². The minimum atomic E-state index is 0.0174. The molecular weight excluding hydrogens is 322 g/mol. The Labute approximate surface area is 148 Å². The SMILES string of the molecule is CCn1nc(Cc2ccccc2Cl)n(CC2CCCCCC2)c1=O. The second-order valence-corrected chi connectivity index (χ2v) is 7.16. The van der Waals surface area contributed by atoms with Crippen LogP contribution in [-0.4, -0.2) is 14.3 Å². The van der Waals surface area contributed by atoms with Crippen LogP contribution in [0.25, 0.3) is 0 Å². The molecule has 0 unspecified atom stereocenters.